The molecule has 0 spiro atoms. The maximum Gasteiger partial charge on any atom is 0.416 e. The smallest absolute Gasteiger partial charge is 0.389 e. The highest BCUT2D eigenvalue weighted by molar-refractivity contribution is 5.26. The third-order valence-electron chi connectivity index (χ3n) is 5.03. The van der Waals surface area contributed by atoms with Gasteiger partial charge in [-0.3, -0.25) is 4.90 Å². The maximum absolute atomic E-state index is 12.7. The zero-order chi connectivity index (χ0) is 17.4. The van der Waals surface area contributed by atoms with Crippen LogP contribution in [0.4, 0.5) is 13.2 Å². The van der Waals surface area contributed by atoms with Gasteiger partial charge in [-0.2, -0.15) is 13.2 Å². The molecular formula is C18H24F3NO2. The number of rotatable bonds is 3. The zero-order valence-corrected chi connectivity index (χ0v) is 13.9. The first-order chi connectivity index (χ1) is 11.2. The van der Waals surface area contributed by atoms with Crippen molar-refractivity contribution in [3.05, 3.63) is 35.4 Å². The van der Waals surface area contributed by atoms with Gasteiger partial charge in [0.25, 0.3) is 0 Å². The first kappa shape index (κ1) is 17.7. The molecule has 0 amide bonds. The molecule has 0 radical (unpaired) electrons. The normalized spacial score (nSPS) is 32.2. The summed E-state index contributed by atoms with van der Waals surface area (Å²) in [6.07, 6.45) is -1.78. The highest BCUT2D eigenvalue weighted by Gasteiger charge is 2.36. The number of β-amino-alcohol motifs (C(OH)–C–C–N with tert-alkyl or cyclic N) is 1. The summed E-state index contributed by atoms with van der Waals surface area (Å²) in [4.78, 5) is 2.23. The number of halogens is 3. The molecule has 1 aromatic carbocycles. The number of hydrogen-bond donors (Lipinski definition) is 1. The maximum atomic E-state index is 12.7. The van der Waals surface area contributed by atoms with Crippen LogP contribution in [-0.2, 0) is 10.9 Å². The highest BCUT2D eigenvalue weighted by atomic mass is 19.4. The van der Waals surface area contributed by atoms with Crippen molar-refractivity contribution in [2.45, 2.75) is 44.1 Å². The molecule has 2 aliphatic heterocycles. The Balaban J connectivity index is 1.70. The van der Waals surface area contributed by atoms with Crippen molar-refractivity contribution < 1.29 is 23.0 Å². The summed E-state index contributed by atoms with van der Waals surface area (Å²) < 4.78 is 44.1. The lowest BCUT2D eigenvalue weighted by molar-refractivity contribution is -0.137. The minimum atomic E-state index is -4.31. The van der Waals surface area contributed by atoms with Crippen LogP contribution >= 0.6 is 0 Å². The molecule has 24 heavy (non-hydrogen) atoms. The van der Waals surface area contributed by atoms with Gasteiger partial charge in [-0.25, -0.2) is 0 Å². The fraction of sp³-hybridized carbons (Fsp3) is 0.667. The summed E-state index contributed by atoms with van der Waals surface area (Å²) in [6, 6.07) is 5.33. The molecule has 3 rings (SSSR count). The van der Waals surface area contributed by atoms with E-state index in [9.17, 15) is 18.3 Å². The van der Waals surface area contributed by atoms with Gasteiger partial charge in [-0.1, -0.05) is 12.1 Å². The molecule has 2 saturated heterocycles. The Kier molecular flexibility index (Phi) is 4.91. The van der Waals surface area contributed by atoms with E-state index in [1.54, 1.807) is 0 Å². The molecule has 2 aliphatic rings. The molecular weight excluding hydrogens is 319 g/mol. The van der Waals surface area contributed by atoms with Gasteiger partial charge in [0.05, 0.1) is 17.3 Å². The van der Waals surface area contributed by atoms with E-state index in [4.69, 9.17) is 4.74 Å². The molecule has 3 atom stereocenters. The predicted molar refractivity (Wildman–Crippen MR) is 84.5 cm³/mol. The molecule has 0 aromatic heterocycles. The van der Waals surface area contributed by atoms with Gasteiger partial charge in [0, 0.05) is 32.2 Å². The number of likely N-dealkylation sites (tertiary alicyclic amines) is 1. The van der Waals surface area contributed by atoms with E-state index < -0.39 is 17.3 Å². The van der Waals surface area contributed by atoms with Crippen LogP contribution in [0.1, 0.15) is 43.4 Å². The number of alkyl halides is 3. The molecule has 0 unspecified atom stereocenters. The molecule has 1 aromatic rings. The van der Waals surface area contributed by atoms with Gasteiger partial charge in [-0.15, -0.1) is 0 Å². The second-order valence-electron chi connectivity index (χ2n) is 7.30. The Bertz CT molecular complexity index is 556. The summed E-state index contributed by atoms with van der Waals surface area (Å²) in [5, 5.41) is 10.1. The van der Waals surface area contributed by atoms with Crippen molar-refractivity contribution in [3.8, 4) is 0 Å². The predicted octanol–water partition coefficient (Wildman–Crippen LogP) is 3.63. The Morgan fingerprint density at radius 2 is 2.00 bits per heavy atom. The summed E-state index contributed by atoms with van der Waals surface area (Å²) in [5.41, 5.74) is -0.466. The number of benzene rings is 1. The lowest BCUT2D eigenvalue weighted by Crippen LogP contribution is -2.36. The number of aliphatic hydroxyl groups is 1. The fourth-order valence-corrected chi connectivity index (χ4v) is 3.79. The Labute approximate surface area is 140 Å². The highest BCUT2D eigenvalue weighted by Crippen LogP contribution is 2.37. The molecule has 0 saturated carbocycles. The second kappa shape index (κ2) is 6.65. The second-order valence-corrected chi connectivity index (χ2v) is 7.30. The quantitative estimate of drug-likeness (QED) is 0.910. The first-order valence-corrected chi connectivity index (χ1v) is 8.48. The van der Waals surface area contributed by atoms with Crippen molar-refractivity contribution in [1.29, 1.82) is 0 Å². The van der Waals surface area contributed by atoms with E-state index in [2.05, 4.69) is 4.90 Å². The first-order valence-electron chi connectivity index (χ1n) is 8.48. The van der Waals surface area contributed by atoms with E-state index in [0.29, 0.717) is 13.2 Å². The van der Waals surface area contributed by atoms with Gasteiger partial charge in [0.2, 0.25) is 0 Å². The van der Waals surface area contributed by atoms with E-state index in [1.807, 2.05) is 6.92 Å². The summed E-state index contributed by atoms with van der Waals surface area (Å²) in [6.45, 7) is 4.78. The topological polar surface area (TPSA) is 32.7 Å². The van der Waals surface area contributed by atoms with E-state index in [-0.39, 0.29) is 12.0 Å². The average Bonchev–Trinajstić information content (AvgIpc) is 2.86. The van der Waals surface area contributed by atoms with Crippen molar-refractivity contribution in [2.75, 3.05) is 26.2 Å². The van der Waals surface area contributed by atoms with Crippen LogP contribution in [-0.4, -0.2) is 41.8 Å². The number of hydrogen-bond acceptors (Lipinski definition) is 3. The Hall–Kier alpha value is -1.11. The van der Waals surface area contributed by atoms with Gasteiger partial charge >= 0.3 is 6.18 Å². The standard InChI is InChI=1S/C18H24F3NO2/c1-17(23)8-9-22(12-17)11-14-3-2-10-24-16(14)13-4-6-15(7-5-13)18(19,20)21/h4-7,14,16,23H,2-3,8-12H2,1H3/t14-,16-,17-/m0/s1. The van der Waals surface area contributed by atoms with Crippen LogP contribution in [0, 0.1) is 5.92 Å². The summed E-state index contributed by atoms with van der Waals surface area (Å²) in [7, 11) is 0. The van der Waals surface area contributed by atoms with Gasteiger partial charge in [0.1, 0.15) is 0 Å². The minimum Gasteiger partial charge on any atom is -0.389 e. The molecule has 3 nitrogen and oxygen atoms in total. The van der Waals surface area contributed by atoms with Crippen molar-refractivity contribution in [1.82, 2.24) is 4.90 Å². The SMILES string of the molecule is C[C@]1(O)CCN(C[C@@H]2CCCO[C@H]2c2ccc(C(F)(F)F)cc2)C1. The van der Waals surface area contributed by atoms with Crippen molar-refractivity contribution in [3.63, 3.8) is 0 Å². The average molecular weight is 343 g/mol. The fourth-order valence-electron chi connectivity index (χ4n) is 3.79. The lowest BCUT2D eigenvalue weighted by Gasteiger charge is -2.35. The van der Waals surface area contributed by atoms with Crippen LogP contribution < -0.4 is 0 Å². The molecule has 0 aliphatic carbocycles. The number of ether oxygens (including phenoxy) is 1. The van der Waals surface area contributed by atoms with Crippen LogP contribution in [0.15, 0.2) is 24.3 Å². The Morgan fingerprint density at radius 1 is 1.29 bits per heavy atom. The molecule has 2 fully saturated rings. The summed E-state index contributed by atoms with van der Waals surface area (Å²) in [5.74, 6) is 0.240. The monoisotopic (exact) mass is 343 g/mol. The van der Waals surface area contributed by atoms with E-state index in [1.165, 1.54) is 12.1 Å². The zero-order valence-electron chi connectivity index (χ0n) is 13.9. The van der Waals surface area contributed by atoms with Crippen molar-refractivity contribution >= 4 is 0 Å². The van der Waals surface area contributed by atoms with E-state index in [0.717, 1.165) is 50.0 Å². The van der Waals surface area contributed by atoms with Crippen LogP contribution in [0.5, 0.6) is 0 Å². The summed E-state index contributed by atoms with van der Waals surface area (Å²) >= 11 is 0. The van der Waals surface area contributed by atoms with Crippen molar-refractivity contribution in [2.24, 2.45) is 5.92 Å². The molecule has 0 bridgehead atoms. The minimum absolute atomic E-state index is 0.174. The Morgan fingerprint density at radius 3 is 2.58 bits per heavy atom. The van der Waals surface area contributed by atoms with Crippen LogP contribution in [0.2, 0.25) is 0 Å². The van der Waals surface area contributed by atoms with Gasteiger partial charge in [0.15, 0.2) is 0 Å². The third-order valence-corrected chi connectivity index (χ3v) is 5.03. The van der Waals surface area contributed by atoms with Crippen LogP contribution in [0.25, 0.3) is 0 Å². The third kappa shape index (κ3) is 4.10. The molecule has 6 heteroatoms. The lowest BCUT2D eigenvalue weighted by atomic mass is 9.88. The van der Waals surface area contributed by atoms with Gasteiger partial charge < -0.3 is 9.84 Å². The largest absolute Gasteiger partial charge is 0.416 e. The van der Waals surface area contributed by atoms with Crippen LogP contribution in [0.3, 0.4) is 0 Å². The van der Waals surface area contributed by atoms with E-state index >= 15 is 0 Å². The molecule has 1 N–H and O–H groups in total. The van der Waals surface area contributed by atoms with Gasteiger partial charge in [-0.05, 0) is 43.9 Å². The molecule has 2 heterocycles. The number of nitrogens with zero attached hydrogens (tertiary/aromatic N) is 1. The molecule has 134 valence electrons.